The van der Waals surface area contributed by atoms with Crippen LogP contribution >= 0.6 is 0 Å². The van der Waals surface area contributed by atoms with Gasteiger partial charge in [-0.05, 0) is 24.3 Å². The highest BCUT2D eigenvalue weighted by Gasteiger charge is 2.27. The number of aliphatic hydroxyl groups is 1. The summed E-state index contributed by atoms with van der Waals surface area (Å²) in [5.74, 6) is 0.393. The zero-order valence-electron chi connectivity index (χ0n) is 9.68. The summed E-state index contributed by atoms with van der Waals surface area (Å²) < 4.78 is 0. The van der Waals surface area contributed by atoms with Gasteiger partial charge in [-0.3, -0.25) is 0 Å². The van der Waals surface area contributed by atoms with Crippen molar-refractivity contribution in [3.63, 3.8) is 0 Å². The molecule has 1 aromatic rings. The highest BCUT2D eigenvalue weighted by molar-refractivity contribution is 5.19. The van der Waals surface area contributed by atoms with Crippen molar-refractivity contribution in [2.24, 2.45) is 11.7 Å². The molecule has 0 radical (unpaired) electrons. The van der Waals surface area contributed by atoms with Gasteiger partial charge in [0.15, 0.2) is 0 Å². The number of hydrogen-bond acceptors (Lipinski definition) is 2. The summed E-state index contributed by atoms with van der Waals surface area (Å²) in [5.41, 5.74) is 7.16. The molecule has 0 saturated heterocycles. The van der Waals surface area contributed by atoms with E-state index in [0.29, 0.717) is 5.92 Å². The van der Waals surface area contributed by atoms with E-state index in [1.54, 1.807) is 0 Å². The minimum absolute atomic E-state index is 0.232. The molecule has 1 aromatic carbocycles. The minimum atomic E-state index is -0.386. The molecule has 0 unspecified atom stereocenters. The molecule has 88 valence electrons. The lowest BCUT2D eigenvalue weighted by Crippen LogP contribution is -2.34. The molecule has 1 aliphatic rings. The number of hydrogen-bond donors (Lipinski definition) is 2. The Balaban J connectivity index is 2.00. The molecule has 3 N–H and O–H groups in total. The van der Waals surface area contributed by atoms with Crippen LogP contribution in [0.4, 0.5) is 0 Å². The third-order valence-corrected chi connectivity index (χ3v) is 3.69. The van der Waals surface area contributed by atoms with Crippen LogP contribution in [0.15, 0.2) is 30.3 Å². The molecule has 2 rings (SSSR count). The quantitative estimate of drug-likeness (QED) is 0.821. The van der Waals surface area contributed by atoms with Crippen LogP contribution in [0.2, 0.25) is 0 Å². The lowest BCUT2D eigenvalue weighted by atomic mass is 9.81. The second-order valence-electron chi connectivity index (χ2n) is 4.83. The van der Waals surface area contributed by atoms with Gasteiger partial charge < -0.3 is 10.8 Å². The van der Waals surface area contributed by atoms with Gasteiger partial charge in [-0.1, -0.05) is 49.6 Å². The van der Waals surface area contributed by atoms with Gasteiger partial charge in [-0.15, -0.1) is 0 Å². The van der Waals surface area contributed by atoms with Crippen LogP contribution in [0.25, 0.3) is 0 Å². The number of aliphatic hydroxyl groups excluding tert-OH is 1. The van der Waals surface area contributed by atoms with Gasteiger partial charge in [-0.2, -0.15) is 0 Å². The van der Waals surface area contributed by atoms with E-state index in [2.05, 4.69) is 0 Å². The Morgan fingerprint density at radius 2 is 1.69 bits per heavy atom. The second kappa shape index (κ2) is 5.46. The van der Waals surface area contributed by atoms with Crippen molar-refractivity contribution in [1.29, 1.82) is 0 Å². The zero-order chi connectivity index (χ0) is 11.4. The maximum atomic E-state index is 10.3. The summed E-state index contributed by atoms with van der Waals surface area (Å²) in [7, 11) is 0. The lowest BCUT2D eigenvalue weighted by molar-refractivity contribution is 0.0618. The van der Waals surface area contributed by atoms with Crippen LogP contribution in [-0.4, -0.2) is 11.2 Å². The second-order valence-corrected chi connectivity index (χ2v) is 4.83. The van der Waals surface area contributed by atoms with E-state index in [1.165, 1.54) is 19.3 Å². The zero-order valence-corrected chi connectivity index (χ0v) is 9.68. The Bertz CT molecular complexity index is 306. The molecule has 2 atom stereocenters. The summed E-state index contributed by atoms with van der Waals surface area (Å²) in [5, 5.41) is 10.3. The summed E-state index contributed by atoms with van der Waals surface area (Å²) in [4.78, 5) is 0. The Morgan fingerprint density at radius 3 is 2.31 bits per heavy atom. The topological polar surface area (TPSA) is 46.2 Å². The monoisotopic (exact) mass is 219 g/mol. The van der Waals surface area contributed by atoms with Crippen LogP contribution in [0.1, 0.15) is 43.7 Å². The van der Waals surface area contributed by atoms with E-state index < -0.39 is 0 Å². The van der Waals surface area contributed by atoms with Gasteiger partial charge in [-0.25, -0.2) is 0 Å². The Hall–Kier alpha value is -0.860. The van der Waals surface area contributed by atoms with Crippen LogP contribution < -0.4 is 5.73 Å². The first-order valence-electron chi connectivity index (χ1n) is 6.27. The number of rotatable bonds is 3. The number of nitrogens with two attached hydrogens (primary N) is 1. The molecule has 1 saturated carbocycles. The predicted molar refractivity (Wildman–Crippen MR) is 66.0 cm³/mol. The minimum Gasteiger partial charge on any atom is -0.391 e. The fourth-order valence-corrected chi connectivity index (χ4v) is 2.64. The van der Waals surface area contributed by atoms with E-state index in [0.717, 1.165) is 18.4 Å². The molecule has 0 spiro atoms. The molecule has 2 heteroatoms. The molecule has 16 heavy (non-hydrogen) atoms. The molecular weight excluding hydrogens is 198 g/mol. The standard InChI is InChI=1S/C14H21NO/c15-13(11-7-3-1-4-8-11)14(16)12-9-5-2-6-10-12/h1,3-4,7-8,12-14,16H,2,5-6,9-10,15H2/t13-,14+/m0/s1. The third kappa shape index (κ3) is 2.63. The van der Waals surface area contributed by atoms with Crippen molar-refractivity contribution in [3.05, 3.63) is 35.9 Å². The van der Waals surface area contributed by atoms with E-state index in [9.17, 15) is 5.11 Å². The molecule has 0 amide bonds. The maximum absolute atomic E-state index is 10.3. The first-order valence-corrected chi connectivity index (χ1v) is 6.27. The molecule has 0 aromatic heterocycles. The van der Waals surface area contributed by atoms with Gasteiger partial charge in [0.25, 0.3) is 0 Å². The van der Waals surface area contributed by atoms with Crippen LogP contribution in [0.3, 0.4) is 0 Å². The maximum Gasteiger partial charge on any atom is 0.0760 e. The van der Waals surface area contributed by atoms with Crippen molar-refractivity contribution in [1.82, 2.24) is 0 Å². The van der Waals surface area contributed by atoms with E-state index in [4.69, 9.17) is 5.73 Å². The Labute approximate surface area is 97.5 Å². The SMILES string of the molecule is N[C@@H](c1ccccc1)[C@H](O)C1CCCCC1. The van der Waals surface area contributed by atoms with Gasteiger partial charge >= 0.3 is 0 Å². The van der Waals surface area contributed by atoms with Crippen molar-refractivity contribution < 1.29 is 5.11 Å². The molecule has 1 aliphatic carbocycles. The Morgan fingerprint density at radius 1 is 1.06 bits per heavy atom. The molecule has 1 fully saturated rings. The van der Waals surface area contributed by atoms with Gasteiger partial charge in [0.1, 0.15) is 0 Å². The van der Waals surface area contributed by atoms with Crippen LogP contribution in [0, 0.1) is 5.92 Å². The first-order chi connectivity index (χ1) is 7.79. The highest BCUT2D eigenvalue weighted by atomic mass is 16.3. The predicted octanol–water partition coefficient (Wildman–Crippen LogP) is 2.63. The highest BCUT2D eigenvalue weighted by Crippen LogP contribution is 2.31. The third-order valence-electron chi connectivity index (χ3n) is 3.69. The first kappa shape index (κ1) is 11.6. The normalized spacial score (nSPS) is 21.6. The number of benzene rings is 1. The fourth-order valence-electron chi connectivity index (χ4n) is 2.64. The average Bonchev–Trinajstić information content (AvgIpc) is 2.39. The van der Waals surface area contributed by atoms with Gasteiger partial charge in [0, 0.05) is 0 Å². The van der Waals surface area contributed by atoms with Crippen molar-refractivity contribution >= 4 is 0 Å². The molecule has 0 aliphatic heterocycles. The van der Waals surface area contributed by atoms with Crippen LogP contribution in [-0.2, 0) is 0 Å². The largest absolute Gasteiger partial charge is 0.391 e. The lowest BCUT2D eigenvalue weighted by Gasteiger charge is -2.30. The summed E-state index contributed by atoms with van der Waals surface area (Å²) in [6.07, 6.45) is 5.65. The Kier molecular flexibility index (Phi) is 3.97. The summed E-state index contributed by atoms with van der Waals surface area (Å²) >= 11 is 0. The molecule has 0 heterocycles. The molecule has 2 nitrogen and oxygen atoms in total. The molecule has 0 bridgehead atoms. The van der Waals surface area contributed by atoms with Crippen molar-refractivity contribution in [2.75, 3.05) is 0 Å². The summed E-state index contributed by atoms with van der Waals surface area (Å²) in [6, 6.07) is 9.69. The van der Waals surface area contributed by atoms with E-state index >= 15 is 0 Å². The molecular formula is C14H21NO. The van der Waals surface area contributed by atoms with Crippen molar-refractivity contribution in [3.8, 4) is 0 Å². The smallest absolute Gasteiger partial charge is 0.0760 e. The van der Waals surface area contributed by atoms with Crippen LogP contribution in [0.5, 0.6) is 0 Å². The van der Waals surface area contributed by atoms with Gasteiger partial charge in [0.2, 0.25) is 0 Å². The average molecular weight is 219 g/mol. The fraction of sp³-hybridized carbons (Fsp3) is 0.571. The van der Waals surface area contributed by atoms with Crippen molar-refractivity contribution in [2.45, 2.75) is 44.2 Å². The summed E-state index contributed by atoms with van der Waals surface area (Å²) in [6.45, 7) is 0. The van der Waals surface area contributed by atoms with E-state index in [1.807, 2.05) is 30.3 Å². The van der Waals surface area contributed by atoms with E-state index in [-0.39, 0.29) is 12.1 Å². The van der Waals surface area contributed by atoms with Gasteiger partial charge in [0.05, 0.1) is 12.1 Å².